The second-order valence-electron chi connectivity index (χ2n) is 5.40. The maximum absolute atomic E-state index is 12.5. The molecule has 0 radical (unpaired) electrons. The summed E-state index contributed by atoms with van der Waals surface area (Å²) < 4.78 is 27.8. The maximum atomic E-state index is 12.5. The summed E-state index contributed by atoms with van der Waals surface area (Å²) in [5.74, 6) is 0. The van der Waals surface area contributed by atoms with Gasteiger partial charge in [-0.05, 0) is 37.8 Å². The van der Waals surface area contributed by atoms with E-state index in [0.29, 0.717) is 11.3 Å². The number of benzene rings is 1. The van der Waals surface area contributed by atoms with Crippen LogP contribution in [0.5, 0.6) is 0 Å². The van der Waals surface area contributed by atoms with Crippen molar-refractivity contribution in [3.63, 3.8) is 0 Å². The minimum atomic E-state index is -3.52. The molecule has 0 saturated heterocycles. The monoisotopic (exact) mass is 282 g/mol. The van der Waals surface area contributed by atoms with Crippen LogP contribution in [0.15, 0.2) is 17.0 Å². The molecule has 106 valence electrons. The van der Waals surface area contributed by atoms with Crippen LogP contribution in [0, 0.1) is 13.8 Å². The molecule has 0 aromatic heterocycles. The van der Waals surface area contributed by atoms with Crippen molar-refractivity contribution in [1.82, 2.24) is 4.72 Å². The first-order valence-corrected chi connectivity index (χ1v) is 8.28. The van der Waals surface area contributed by atoms with Crippen LogP contribution in [0.3, 0.4) is 0 Å². The number of hydrogen-bond acceptors (Lipinski definition) is 3. The largest absolute Gasteiger partial charge is 0.397 e. The van der Waals surface area contributed by atoms with Crippen LogP contribution >= 0.6 is 0 Å². The van der Waals surface area contributed by atoms with E-state index >= 15 is 0 Å². The summed E-state index contributed by atoms with van der Waals surface area (Å²) in [6.45, 7) is 3.61. The molecule has 0 heterocycles. The predicted octanol–water partition coefficient (Wildman–Crippen LogP) is 2.50. The van der Waals surface area contributed by atoms with Gasteiger partial charge >= 0.3 is 0 Å². The number of nitrogens with two attached hydrogens (primary N) is 1. The Morgan fingerprint density at radius 3 is 2.32 bits per heavy atom. The topological polar surface area (TPSA) is 72.2 Å². The average Bonchev–Trinajstić information content (AvgIpc) is 2.35. The molecule has 1 aliphatic rings. The van der Waals surface area contributed by atoms with E-state index in [1.54, 1.807) is 13.0 Å². The number of sulfonamides is 1. The summed E-state index contributed by atoms with van der Waals surface area (Å²) in [4.78, 5) is 0.248. The molecule has 1 aromatic carbocycles. The van der Waals surface area contributed by atoms with Gasteiger partial charge in [-0.3, -0.25) is 0 Å². The minimum absolute atomic E-state index is 0.0538. The van der Waals surface area contributed by atoms with Crippen LogP contribution in [-0.4, -0.2) is 14.5 Å². The molecule has 4 nitrogen and oxygen atoms in total. The summed E-state index contributed by atoms with van der Waals surface area (Å²) in [7, 11) is -3.52. The molecule has 0 bridgehead atoms. The zero-order valence-electron chi connectivity index (χ0n) is 11.6. The molecule has 5 heteroatoms. The molecule has 3 N–H and O–H groups in total. The molecule has 1 aliphatic carbocycles. The van der Waals surface area contributed by atoms with Gasteiger partial charge in [0.05, 0.1) is 5.69 Å². The van der Waals surface area contributed by atoms with E-state index in [2.05, 4.69) is 4.72 Å². The minimum Gasteiger partial charge on any atom is -0.397 e. The molecule has 19 heavy (non-hydrogen) atoms. The highest BCUT2D eigenvalue weighted by Gasteiger charge is 2.25. The van der Waals surface area contributed by atoms with E-state index < -0.39 is 10.0 Å². The third-order valence-electron chi connectivity index (χ3n) is 3.81. The van der Waals surface area contributed by atoms with Crippen molar-refractivity contribution in [2.45, 2.75) is 56.9 Å². The van der Waals surface area contributed by atoms with Gasteiger partial charge in [0.1, 0.15) is 4.90 Å². The standard InChI is InChI=1S/C14H22N2O2S/c1-10-8-9-11(2)14(13(10)15)19(17,18)16-12-6-4-3-5-7-12/h8-9,12,16H,3-7,15H2,1-2H3. The Hall–Kier alpha value is -1.07. The highest BCUT2D eigenvalue weighted by atomic mass is 32.2. The molecule has 0 unspecified atom stereocenters. The lowest BCUT2D eigenvalue weighted by Crippen LogP contribution is -2.36. The lowest BCUT2D eigenvalue weighted by molar-refractivity contribution is 0.412. The molecule has 1 aromatic rings. The summed E-state index contributed by atoms with van der Waals surface area (Å²) >= 11 is 0. The Kier molecular flexibility index (Phi) is 4.16. The molecular weight excluding hydrogens is 260 g/mol. The Labute approximate surface area is 115 Å². The van der Waals surface area contributed by atoms with Crippen molar-refractivity contribution in [3.05, 3.63) is 23.3 Å². The molecule has 0 atom stereocenters. The fraction of sp³-hybridized carbons (Fsp3) is 0.571. The second-order valence-corrected chi connectivity index (χ2v) is 7.05. The molecule has 1 saturated carbocycles. The lowest BCUT2D eigenvalue weighted by Gasteiger charge is -2.23. The van der Waals surface area contributed by atoms with Crippen molar-refractivity contribution in [3.8, 4) is 0 Å². The Morgan fingerprint density at radius 1 is 1.11 bits per heavy atom. The number of nitrogen functional groups attached to an aromatic ring is 1. The van der Waals surface area contributed by atoms with E-state index in [1.165, 1.54) is 6.42 Å². The van der Waals surface area contributed by atoms with Crippen molar-refractivity contribution >= 4 is 15.7 Å². The fourth-order valence-electron chi connectivity index (χ4n) is 2.66. The summed E-state index contributed by atoms with van der Waals surface area (Å²) in [6, 6.07) is 3.71. The van der Waals surface area contributed by atoms with Gasteiger partial charge in [-0.2, -0.15) is 0 Å². The summed E-state index contributed by atoms with van der Waals surface area (Å²) in [5.41, 5.74) is 7.82. The number of rotatable bonds is 3. The zero-order chi connectivity index (χ0) is 14.0. The van der Waals surface area contributed by atoms with Crippen LogP contribution in [-0.2, 0) is 10.0 Å². The highest BCUT2D eigenvalue weighted by Crippen LogP contribution is 2.27. The van der Waals surface area contributed by atoms with E-state index in [4.69, 9.17) is 5.73 Å². The van der Waals surface area contributed by atoms with E-state index in [9.17, 15) is 8.42 Å². The number of hydrogen-bond donors (Lipinski definition) is 2. The van der Waals surface area contributed by atoms with Crippen molar-refractivity contribution < 1.29 is 8.42 Å². The molecule has 1 fully saturated rings. The SMILES string of the molecule is Cc1ccc(C)c(S(=O)(=O)NC2CCCCC2)c1N. The third-order valence-corrected chi connectivity index (χ3v) is 5.53. The number of nitrogens with one attached hydrogen (secondary N) is 1. The molecule has 0 amide bonds. The van der Waals surface area contributed by atoms with Crippen LogP contribution < -0.4 is 10.5 Å². The highest BCUT2D eigenvalue weighted by molar-refractivity contribution is 7.89. The molecule has 2 rings (SSSR count). The van der Waals surface area contributed by atoms with Crippen LogP contribution in [0.4, 0.5) is 5.69 Å². The summed E-state index contributed by atoms with van der Waals surface area (Å²) in [5, 5.41) is 0. The molecule has 0 spiro atoms. The average molecular weight is 282 g/mol. The fourth-order valence-corrected chi connectivity index (χ4v) is 4.40. The quantitative estimate of drug-likeness (QED) is 0.837. The predicted molar refractivity (Wildman–Crippen MR) is 77.5 cm³/mol. The van der Waals surface area contributed by atoms with Gasteiger partial charge in [0.25, 0.3) is 0 Å². The molecular formula is C14H22N2O2S. The van der Waals surface area contributed by atoms with Crippen molar-refractivity contribution in [2.75, 3.05) is 5.73 Å². The second kappa shape index (κ2) is 5.51. The first kappa shape index (κ1) is 14.3. The molecule has 0 aliphatic heterocycles. The van der Waals surface area contributed by atoms with E-state index in [0.717, 1.165) is 31.2 Å². The maximum Gasteiger partial charge on any atom is 0.243 e. The van der Waals surface area contributed by atoms with E-state index in [1.807, 2.05) is 13.0 Å². The first-order chi connectivity index (χ1) is 8.92. The van der Waals surface area contributed by atoms with Crippen molar-refractivity contribution in [2.24, 2.45) is 0 Å². The van der Waals surface area contributed by atoms with Gasteiger partial charge in [0.2, 0.25) is 10.0 Å². The van der Waals surface area contributed by atoms with Crippen LogP contribution in [0.2, 0.25) is 0 Å². The third kappa shape index (κ3) is 3.09. The van der Waals surface area contributed by atoms with Gasteiger partial charge < -0.3 is 5.73 Å². The number of anilines is 1. The van der Waals surface area contributed by atoms with Crippen LogP contribution in [0.1, 0.15) is 43.2 Å². The Bertz CT molecular complexity index is 561. The van der Waals surface area contributed by atoms with Crippen LogP contribution in [0.25, 0.3) is 0 Å². The normalized spacial score (nSPS) is 17.6. The van der Waals surface area contributed by atoms with Gasteiger partial charge in [-0.1, -0.05) is 31.4 Å². The zero-order valence-corrected chi connectivity index (χ0v) is 12.4. The van der Waals surface area contributed by atoms with E-state index in [-0.39, 0.29) is 10.9 Å². The number of aryl methyl sites for hydroxylation is 2. The summed E-state index contributed by atoms with van der Waals surface area (Å²) in [6.07, 6.45) is 5.22. The van der Waals surface area contributed by atoms with Gasteiger partial charge in [-0.15, -0.1) is 0 Å². The van der Waals surface area contributed by atoms with Gasteiger partial charge in [-0.25, -0.2) is 13.1 Å². The Balaban J connectivity index is 2.31. The Morgan fingerprint density at radius 2 is 1.68 bits per heavy atom. The van der Waals surface area contributed by atoms with Crippen molar-refractivity contribution in [1.29, 1.82) is 0 Å². The van der Waals surface area contributed by atoms with Gasteiger partial charge in [0, 0.05) is 6.04 Å². The first-order valence-electron chi connectivity index (χ1n) is 6.80. The smallest absolute Gasteiger partial charge is 0.243 e. The van der Waals surface area contributed by atoms with Gasteiger partial charge in [0.15, 0.2) is 0 Å². The lowest BCUT2D eigenvalue weighted by atomic mass is 9.96.